The normalized spacial score (nSPS) is 14.6. The van der Waals surface area contributed by atoms with Gasteiger partial charge in [0.05, 0.1) is 0 Å². The summed E-state index contributed by atoms with van der Waals surface area (Å²) in [6, 6.07) is 0. The van der Waals surface area contributed by atoms with Crippen LogP contribution >= 0.6 is 0 Å². The van der Waals surface area contributed by atoms with Crippen LogP contribution < -0.4 is 0 Å². The van der Waals surface area contributed by atoms with Crippen LogP contribution in [0.3, 0.4) is 0 Å². The first-order chi connectivity index (χ1) is 4.84. The minimum absolute atomic E-state index is 0.209. The lowest BCUT2D eigenvalue weighted by molar-refractivity contribution is -0.205. The fourth-order valence-corrected chi connectivity index (χ4v) is 0.547. The first-order valence-electron chi connectivity index (χ1n) is 3.23. The van der Waals surface area contributed by atoms with Crippen molar-refractivity contribution in [3.63, 3.8) is 0 Å². The third kappa shape index (κ3) is 4.84. The summed E-state index contributed by atoms with van der Waals surface area (Å²) in [5, 5.41) is 8.47. The van der Waals surface area contributed by atoms with Gasteiger partial charge in [-0.3, -0.25) is 0 Å². The van der Waals surface area contributed by atoms with Crippen molar-refractivity contribution in [3.05, 3.63) is 12.2 Å². The molecule has 0 saturated heterocycles. The van der Waals surface area contributed by atoms with Crippen LogP contribution in [0.5, 0.6) is 0 Å². The highest BCUT2D eigenvalue weighted by atomic mass is 19.4. The second kappa shape index (κ2) is 3.76. The molecule has 1 unspecified atom stereocenters. The Hall–Kier alpha value is -0.510. The Bertz CT molecular complexity index is 139. The summed E-state index contributed by atoms with van der Waals surface area (Å²) < 4.78 is 34.9. The van der Waals surface area contributed by atoms with Gasteiger partial charge in [-0.2, -0.15) is 13.2 Å². The highest BCUT2D eigenvalue weighted by Crippen LogP contribution is 2.23. The first kappa shape index (κ1) is 10.5. The van der Waals surface area contributed by atoms with Gasteiger partial charge in [-0.15, -0.1) is 6.58 Å². The van der Waals surface area contributed by atoms with Crippen molar-refractivity contribution in [3.8, 4) is 0 Å². The van der Waals surface area contributed by atoms with Gasteiger partial charge < -0.3 is 5.11 Å². The van der Waals surface area contributed by atoms with Crippen LogP contribution in [0.4, 0.5) is 13.2 Å². The maximum atomic E-state index is 11.6. The summed E-state index contributed by atoms with van der Waals surface area (Å²) in [6.45, 7) is 5.06. The van der Waals surface area contributed by atoms with Crippen LogP contribution in [-0.2, 0) is 0 Å². The van der Waals surface area contributed by atoms with Crippen molar-refractivity contribution in [2.75, 3.05) is 0 Å². The molecule has 0 radical (unpaired) electrons. The standard InChI is InChI=1S/C7H11F3O/c1-5(2)3-4-6(11)7(8,9)10/h6,11H,1,3-4H2,2H3. The molecule has 0 aliphatic heterocycles. The molecule has 0 rings (SSSR count). The van der Waals surface area contributed by atoms with E-state index < -0.39 is 12.3 Å². The quantitative estimate of drug-likeness (QED) is 0.641. The predicted molar refractivity (Wildman–Crippen MR) is 36.1 cm³/mol. The van der Waals surface area contributed by atoms with Gasteiger partial charge in [-0.1, -0.05) is 5.57 Å². The van der Waals surface area contributed by atoms with Gasteiger partial charge in [0.25, 0.3) is 0 Å². The Morgan fingerprint density at radius 3 is 2.27 bits per heavy atom. The molecule has 0 spiro atoms. The van der Waals surface area contributed by atoms with Crippen molar-refractivity contribution >= 4 is 0 Å². The first-order valence-corrected chi connectivity index (χ1v) is 3.23. The Labute approximate surface area is 63.5 Å². The third-order valence-electron chi connectivity index (χ3n) is 1.22. The van der Waals surface area contributed by atoms with E-state index in [1.54, 1.807) is 6.92 Å². The van der Waals surface area contributed by atoms with Crippen LogP contribution in [-0.4, -0.2) is 17.4 Å². The van der Waals surface area contributed by atoms with E-state index >= 15 is 0 Å². The predicted octanol–water partition coefficient (Wildman–Crippen LogP) is 2.27. The largest absolute Gasteiger partial charge is 0.414 e. The zero-order valence-electron chi connectivity index (χ0n) is 6.28. The molecule has 0 aromatic carbocycles. The molecule has 0 aromatic rings. The number of rotatable bonds is 3. The van der Waals surface area contributed by atoms with E-state index in [-0.39, 0.29) is 12.8 Å². The van der Waals surface area contributed by atoms with E-state index in [0.29, 0.717) is 5.57 Å². The molecule has 11 heavy (non-hydrogen) atoms. The summed E-state index contributed by atoms with van der Waals surface area (Å²) in [5.41, 5.74) is 0.647. The molecular weight excluding hydrogens is 157 g/mol. The fraction of sp³-hybridized carbons (Fsp3) is 0.714. The zero-order valence-corrected chi connectivity index (χ0v) is 6.28. The van der Waals surface area contributed by atoms with Crippen LogP contribution in [0.2, 0.25) is 0 Å². The Morgan fingerprint density at radius 1 is 1.55 bits per heavy atom. The Kier molecular flexibility index (Phi) is 3.58. The van der Waals surface area contributed by atoms with Crippen molar-refractivity contribution < 1.29 is 18.3 Å². The molecule has 1 nitrogen and oxygen atoms in total. The van der Waals surface area contributed by atoms with Crippen LogP contribution in [0, 0.1) is 0 Å². The highest BCUT2D eigenvalue weighted by molar-refractivity contribution is 4.88. The molecule has 0 fully saturated rings. The summed E-state index contributed by atoms with van der Waals surface area (Å²) in [7, 11) is 0. The van der Waals surface area contributed by atoms with E-state index in [4.69, 9.17) is 5.11 Å². The number of hydrogen-bond donors (Lipinski definition) is 1. The lowest BCUT2D eigenvalue weighted by Gasteiger charge is -2.13. The maximum absolute atomic E-state index is 11.6. The van der Waals surface area contributed by atoms with E-state index in [2.05, 4.69) is 6.58 Å². The van der Waals surface area contributed by atoms with Gasteiger partial charge in [-0.05, 0) is 19.8 Å². The number of alkyl halides is 3. The molecule has 0 heterocycles. The van der Waals surface area contributed by atoms with Gasteiger partial charge in [0, 0.05) is 0 Å². The smallest absolute Gasteiger partial charge is 0.384 e. The number of hydrogen-bond acceptors (Lipinski definition) is 1. The number of aliphatic hydroxyl groups excluding tert-OH is 1. The Balaban J connectivity index is 3.70. The summed E-state index contributed by atoms with van der Waals surface area (Å²) in [6.07, 6.45) is -6.78. The second-order valence-electron chi connectivity index (χ2n) is 2.55. The average molecular weight is 168 g/mol. The average Bonchev–Trinajstić information content (AvgIpc) is 1.80. The molecule has 0 bridgehead atoms. The molecule has 0 amide bonds. The minimum atomic E-state index is -4.49. The molecular formula is C7H11F3O. The van der Waals surface area contributed by atoms with Gasteiger partial charge >= 0.3 is 6.18 Å². The molecule has 1 atom stereocenters. The second-order valence-corrected chi connectivity index (χ2v) is 2.55. The van der Waals surface area contributed by atoms with Crippen LogP contribution in [0.25, 0.3) is 0 Å². The zero-order chi connectivity index (χ0) is 9.07. The van der Waals surface area contributed by atoms with Gasteiger partial charge in [-0.25, -0.2) is 0 Å². The maximum Gasteiger partial charge on any atom is 0.414 e. The molecule has 0 aromatic heterocycles. The molecule has 66 valence electrons. The van der Waals surface area contributed by atoms with E-state index in [1.165, 1.54) is 0 Å². The highest BCUT2D eigenvalue weighted by Gasteiger charge is 2.37. The SMILES string of the molecule is C=C(C)CCC(O)C(F)(F)F. The van der Waals surface area contributed by atoms with Gasteiger partial charge in [0.15, 0.2) is 0 Å². The molecule has 4 heteroatoms. The lowest BCUT2D eigenvalue weighted by Crippen LogP contribution is -2.28. The van der Waals surface area contributed by atoms with E-state index in [9.17, 15) is 13.2 Å². The summed E-state index contributed by atoms with van der Waals surface area (Å²) in [5.74, 6) is 0. The number of halogens is 3. The van der Waals surface area contributed by atoms with Crippen LogP contribution in [0.1, 0.15) is 19.8 Å². The third-order valence-corrected chi connectivity index (χ3v) is 1.22. The molecule has 0 aliphatic carbocycles. The fourth-order valence-electron chi connectivity index (χ4n) is 0.547. The van der Waals surface area contributed by atoms with Crippen LogP contribution in [0.15, 0.2) is 12.2 Å². The Morgan fingerprint density at radius 2 is 2.00 bits per heavy atom. The molecule has 0 aliphatic rings. The van der Waals surface area contributed by atoms with Crippen molar-refractivity contribution in [2.45, 2.75) is 32.0 Å². The van der Waals surface area contributed by atoms with Crippen molar-refractivity contribution in [2.24, 2.45) is 0 Å². The minimum Gasteiger partial charge on any atom is -0.384 e. The van der Waals surface area contributed by atoms with Crippen molar-refractivity contribution in [1.82, 2.24) is 0 Å². The topological polar surface area (TPSA) is 20.2 Å². The number of aliphatic hydroxyl groups is 1. The van der Waals surface area contributed by atoms with Gasteiger partial charge in [0.2, 0.25) is 0 Å². The van der Waals surface area contributed by atoms with Gasteiger partial charge in [0.1, 0.15) is 6.10 Å². The summed E-state index contributed by atoms with van der Waals surface area (Å²) >= 11 is 0. The molecule has 0 saturated carbocycles. The van der Waals surface area contributed by atoms with E-state index in [1.807, 2.05) is 0 Å². The number of allylic oxidation sites excluding steroid dienone is 1. The lowest BCUT2D eigenvalue weighted by atomic mass is 10.1. The monoisotopic (exact) mass is 168 g/mol. The van der Waals surface area contributed by atoms with Crippen molar-refractivity contribution in [1.29, 1.82) is 0 Å². The molecule has 1 N–H and O–H groups in total. The van der Waals surface area contributed by atoms with E-state index in [0.717, 1.165) is 0 Å². The summed E-state index contributed by atoms with van der Waals surface area (Å²) in [4.78, 5) is 0.